The van der Waals surface area contributed by atoms with Crippen molar-refractivity contribution in [3.8, 4) is 16.8 Å². The molecule has 9 rings (SSSR count). The molecule has 0 spiro atoms. The van der Waals surface area contributed by atoms with Gasteiger partial charge in [-0.3, -0.25) is 4.57 Å². The summed E-state index contributed by atoms with van der Waals surface area (Å²) in [5.41, 5.74) is 11.9. The van der Waals surface area contributed by atoms with Gasteiger partial charge in [0.2, 0.25) is 0 Å². The number of benzene rings is 4. The van der Waals surface area contributed by atoms with E-state index < -0.39 is 0 Å². The first-order valence-corrected chi connectivity index (χ1v) is 15.6. The molecular weight excluding hydrogens is 534 g/mol. The molecule has 0 bridgehead atoms. The van der Waals surface area contributed by atoms with Crippen molar-refractivity contribution < 1.29 is 0 Å². The molecule has 3 aromatic heterocycles. The Kier molecular flexibility index (Phi) is 5.77. The Bertz CT molecular complexity index is 2370. The largest absolute Gasteiger partial charge is 0.309 e. The Morgan fingerprint density at radius 3 is 2.02 bits per heavy atom. The van der Waals surface area contributed by atoms with Crippen molar-refractivity contribution in [3.63, 3.8) is 0 Å². The van der Waals surface area contributed by atoms with Gasteiger partial charge in [-0.2, -0.15) is 0 Å². The zero-order chi connectivity index (χ0) is 29.0. The standard InChI is InChI=1S/C41H31N3/c1-4-14-28(15-5-1)30-24-31(29-16-6-2-7-17-29)26-33(25-30)44-38-23-13-11-21-35(38)39-40-36(27-42-41(39)44)34-20-10-12-22-37(34)43(40)32-18-8-3-9-19-32/h1,4-6,8,10-27H,2-3,7,9H2. The first kappa shape index (κ1) is 25.1. The zero-order valence-corrected chi connectivity index (χ0v) is 24.4. The normalized spacial score (nSPS) is 15.0. The number of hydrogen-bond donors (Lipinski definition) is 0. The lowest BCUT2D eigenvalue weighted by molar-refractivity contribution is 1.02. The molecule has 2 aliphatic rings. The van der Waals surface area contributed by atoms with Crippen LogP contribution in [0.3, 0.4) is 0 Å². The predicted molar refractivity (Wildman–Crippen MR) is 186 cm³/mol. The van der Waals surface area contributed by atoms with Crippen molar-refractivity contribution in [2.45, 2.75) is 25.7 Å². The number of allylic oxidation sites excluding steroid dienone is 8. The number of nitrogens with zero attached hydrogens (tertiary/aromatic N) is 3. The summed E-state index contributed by atoms with van der Waals surface area (Å²) in [6.45, 7) is 0. The monoisotopic (exact) mass is 565 g/mol. The molecule has 2 aliphatic carbocycles. The number of hydrogen-bond acceptors (Lipinski definition) is 1. The van der Waals surface area contributed by atoms with Crippen molar-refractivity contribution in [2.24, 2.45) is 0 Å². The highest BCUT2D eigenvalue weighted by atomic mass is 15.1. The van der Waals surface area contributed by atoms with Crippen LogP contribution < -0.4 is 0 Å². The van der Waals surface area contributed by atoms with E-state index in [2.05, 4.69) is 149 Å². The summed E-state index contributed by atoms with van der Waals surface area (Å²) in [5, 5.41) is 4.83. The third-order valence-electron chi connectivity index (χ3n) is 9.16. The fraction of sp³-hybridized carbons (Fsp3) is 0.0976. The van der Waals surface area contributed by atoms with Crippen molar-refractivity contribution in [3.05, 3.63) is 145 Å². The minimum absolute atomic E-state index is 0.979. The average molecular weight is 566 g/mol. The molecule has 0 saturated carbocycles. The van der Waals surface area contributed by atoms with E-state index in [1.807, 2.05) is 0 Å². The Hall–Kier alpha value is -5.41. The van der Waals surface area contributed by atoms with Crippen LogP contribution in [0.5, 0.6) is 0 Å². The number of pyridine rings is 1. The second kappa shape index (κ2) is 10.1. The lowest BCUT2D eigenvalue weighted by atomic mass is 9.95. The summed E-state index contributed by atoms with van der Waals surface area (Å²) in [5.74, 6) is 0. The van der Waals surface area contributed by atoms with Gasteiger partial charge in [0.25, 0.3) is 0 Å². The van der Waals surface area contributed by atoms with Crippen molar-refractivity contribution >= 4 is 55.0 Å². The molecule has 0 unspecified atom stereocenters. The molecule has 0 saturated heterocycles. The minimum Gasteiger partial charge on any atom is -0.309 e. The zero-order valence-electron chi connectivity index (χ0n) is 24.4. The van der Waals surface area contributed by atoms with Crippen LogP contribution in [0.4, 0.5) is 0 Å². The van der Waals surface area contributed by atoms with Gasteiger partial charge in [-0.25, -0.2) is 4.98 Å². The summed E-state index contributed by atoms with van der Waals surface area (Å²) >= 11 is 0. The van der Waals surface area contributed by atoms with Gasteiger partial charge in [-0.1, -0.05) is 97.1 Å². The van der Waals surface area contributed by atoms with Crippen LogP contribution in [0.15, 0.2) is 140 Å². The molecule has 0 radical (unpaired) electrons. The van der Waals surface area contributed by atoms with Gasteiger partial charge in [-0.05, 0) is 84.4 Å². The fourth-order valence-electron chi connectivity index (χ4n) is 7.18. The third-order valence-corrected chi connectivity index (χ3v) is 9.16. The maximum atomic E-state index is 5.26. The van der Waals surface area contributed by atoms with Gasteiger partial charge in [0, 0.05) is 33.7 Å². The van der Waals surface area contributed by atoms with E-state index in [0.717, 1.165) is 42.5 Å². The van der Waals surface area contributed by atoms with Crippen molar-refractivity contribution in [1.82, 2.24) is 14.1 Å². The number of para-hydroxylation sites is 2. The maximum absolute atomic E-state index is 5.26. The summed E-state index contributed by atoms with van der Waals surface area (Å²) in [7, 11) is 0. The van der Waals surface area contributed by atoms with Gasteiger partial charge in [-0.15, -0.1) is 0 Å². The Morgan fingerprint density at radius 1 is 0.545 bits per heavy atom. The fourth-order valence-corrected chi connectivity index (χ4v) is 7.18. The van der Waals surface area contributed by atoms with E-state index in [-0.39, 0.29) is 0 Å². The van der Waals surface area contributed by atoms with E-state index in [4.69, 9.17) is 4.98 Å². The average Bonchev–Trinajstić information content (AvgIpc) is 3.62. The van der Waals surface area contributed by atoms with Crippen LogP contribution in [-0.4, -0.2) is 14.1 Å². The first-order chi connectivity index (χ1) is 21.8. The summed E-state index contributed by atoms with van der Waals surface area (Å²) < 4.78 is 4.84. The van der Waals surface area contributed by atoms with Crippen LogP contribution in [0, 0.1) is 0 Å². The molecule has 0 fully saturated rings. The van der Waals surface area contributed by atoms with Crippen LogP contribution >= 0.6 is 0 Å². The second-order valence-electron chi connectivity index (χ2n) is 11.8. The minimum atomic E-state index is 0.979. The molecular formula is C41H31N3. The lowest BCUT2D eigenvalue weighted by Gasteiger charge is -2.15. The number of rotatable bonds is 4. The molecule has 0 N–H and O–H groups in total. The molecule has 3 nitrogen and oxygen atoms in total. The molecule has 3 heteroatoms. The lowest BCUT2D eigenvalue weighted by Crippen LogP contribution is -2.00. The van der Waals surface area contributed by atoms with Gasteiger partial charge < -0.3 is 4.57 Å². The Labute approximate surface area is 256 Å². The number of aromatic nitrogens is 3. The quantitative estimate of drug-likeness (QED) is 0.208. The van der Waals surface area contributed by atoms with Crippen LogP contribution in [-0.2, 0) is 0 Å². The van der Waals surface area contributed by atoms with Crippen molar-refractivity contribution in [1.29, 1.82) is 0 Å². The van der Waals surface area contributed by atoms with Crippen molar-refractivity contribution in [2.75, 3.05) is 0 Å². The highest BCUT2D eigenvalue weighted by Crippen LogP contribution is 2.42. The van der Waals surface area contributed by atoms with E-state index >= 15 is 0 Å². The Morgan fingerprint density at radius 2 is 1.25 bits per heavy atom. The topological polar surface area (TPSA) is 22.8 Å². The van der Waals surface area contributed by atoms with Crippen LogP contribution in [0.2, 0.25) is 0 Å². The Balaban J connectivity index is 1.41. The molecule has 3 heterocycles. The smallest absolute Gasteiger partial charge is 0.147 e. The maximum Gasteiger partial charge on any atom is 0.147 e. The van der Waals surface area contributed by atoms with Gasteiger partial charge >= 0.3 is 0 Å². The summed E-state index contributed by atoms with van der Waals surface area (Å²) in [6, 6.07) is 35.3. The SMILES string of the molecule is C1=CC(c2cc(-c3ccccc3)cc(-n3c4ccccc4c4c5c(cnc43)c3ccccc3n5C3=CCCC=C3)c2)=CCC1. The van der Waals surface area contributed by atoms with E-state index in [9.17, 15) is 0 Å². The summed E-state index contributed by atoms with van der Waals surface area (Å²) in [6.07, 6.45) is 20.3. The van der Waals surface area contributed by atoms with E-state index in [1.54, 1.807) is 0 Å². The van der Waals surface area contributed by atoms with Crippen LogP contribution in [0.1, 0.15) is 31.2 Å². The highest BCUT2D eigenvalue weighted by molar-refractivity contribution is 6.25. The highest BCUT2D eigenvalue weighted by Gasteiger charge is 2.22. The first-order valence-electron chi connectivity index (χ1n) is 15.6. The molecule has 0 atom stereocenters. The molecule has 44 heavy (non-hydrogen) atoms. The second-order valence-corrected chi connectivity index (χ2v) is 11.8. The molecule has 210 valence electrons. The molecule has 0 aliphatic heterocycles. The summed E-state index contributed by atoms with van der Waals surface area (Å²) in [4.78, 5) is 5.26. The predicted octanol–water partition coefficient (Wildman–Crippen LogP) is 10.9. The molecule has 4 aromatic carbocycles. The van der Waals surface area contributed by atoms with E-state index in [0.29, 0.717) is 0 Å². The molecule has 7 aromatic rings. The van der Waals surface area contributed by atoms with Gasteiger partial charge in [0.1, 0.15) is 5.65 Å². The molecule has 0 amide bonds. The van der Waals surface area contributed by atoms with Gasteiger partial charge in [0.15, 0.2) is 0 Å². The van der Waals surface area contributed by atoms with Gasteiger partial charge in [0.05, 0.1) is 21.9 Å². The third kappa shape index (κ3) is 3.86. The van der Waals surface area contributed by atoms with E-state index in [1.165, 1.54) is 60.5 Å². The van der Waals surface area contributed by atoms with Crippen LogP contribution in [0.25, 0.3) is 71.8 Å². The number of fused-ring (bicyclic) bond motifs is 7.